The molecule has 1 rings (SSSR count). The zero-order chi connectivity index (χ0) is 8.97. The summed E-state index contributed by atoms with van der Waals surface area (Å²) in [6.45, 7) is 5.39. The number of carbonyl (C=O) groups is 1. The lowest BCUT2D eigenvalue weighted by atomic mass is 10.3. The number of carbonyl (C=O) groups excluding carboxylic acids is 1. The Hall–Kier alpha value is -1.32. The van der Waals surface area contributed by atoms with Gasteiger partial charge in [0.25, 0.3) is 5.91 Å². The van der Waals surface area contributed by atoms with Crippen LogP contribution in [0.4, 0.5) is 0 Å². The van der Waals surface area contributed by atoms with Crippen LogP contribution in [0.25, 0.3) is 0 Å². The highest BCUT2D eigenvalue weighted by molar-refractivity contribution is 5.93. The van der Waals surface area contributed by atoms with Crippen LogP contribution in [0.5, 0.6) is 0 Å². The zero-order valence-electron chi connectivity index (χ0n) is 7.37. The van der Waals surface area contributed by atoms with Crippen molar-refractivity contribution in [2.75, 3.05) is 13.1 Å². The second kappa shape index (κ2) is 3.90. The minimum Gasteiger partial charge on any atom is -0.339 e. The minimum absolute atomic E-state index is 0.0359. The number of nitrogens with zero attached hydrogens (tertiary/aromatic N) is 2. The van der Waals surface area contributed by atoms with Crippen molar-refractivity contribution >= 4 is 5.91 Å². The molecule has 0 aliphatic carbocycles. The molecule has 4 heteroatoms. The Labute approximate surface area is 71.6 Å². The molecule has 0 aliphatic heterocycles. The van der Waals surface area contributed by atoms with E-state index in [1.54, 1.807) is 17.3 Å². The van der Waals surface area contributed by atoms with Crippen molar-refractivity contribution in [2.24, 2.45) is 0 Å². The molecule has 0 saturated carbocycles. The van der Waals surface area contributed by atoms with Gasteiger partial charge in [0.05, 0.1) is 11.8 Å². The Bertz CT molecular complexity index is 239. The molecular formula is C8H13N3O. The highest BCUT2D eigenvalue weighted by Crippen LogP contribution is 2.00. The van der Waals surface area contributed by atoms with Crippen molar-refractivity contribution in [3.05, 3.63) is 18.0 Å². The van der Waals surface area contributed by atoms with Crippen molar-refractivity contribution in [1.82, 2.24) is 15.1 Å². The smallest absolute Gasteiger partial charge is 0.257 e. The van der Waals surface area contributed by atoms with Crippen LogP contribution in [-0.2, 0) is 0 Å². The van der Waals surface area contributed by atoms with Gasteiger partial charge in [0.1, 0.15) is 0 Å². The summed E-state index contributed by atoms with van der Waals surface area (Å²) in [5.74, 6) is 0.0359. The molecule has 1 N–H and O–H groups in total. The number of rotatable bonds is 3. The van der Waals surface area contributed by atoms with E-state index >= 15 is 0 Å². The molecule has 0 radical (unpaired) electrons. The molecule has 12 heavy (non-hydrogen) atoms. The fourth-order valence-corrected chi connectivity index (χ4v) is 1.06. The first kappa shape index (κ1) is 8.77. The lowest BCUT2D eigenvalue weighted by Gasteiger charge is -2.16. The summed E-state index contributed by atoms with van der Waals surface area (Å²) in [6.07, 6.45) is 3.15. The van der Waals surface area contributed by atoms with E-state index < -0.39 is 0 Å². The third-order valence-electron chi connectivity index (χ3n) is 1.80. The topological polar surface area (TPSA) is 49.0 Å². The van der Waals surface area contributed by atoms with Crippen LogP contribution in [0.15, 0.2) is 12.4 Å². The largest absolute Gasteiger partial charge is 0.339 e. The molecule has 0 aliphatic rings. The van der Waals surface area contributed by atoms with Crippen LogP contribution in [0, 0.1) is 0 Å². The third-order valence-corrected chi connectivity index (χ3v) is 1.80. The van der Waals surface area contributed by atoms with Gasteiger partial charge in [-0.15, -0.1) is 0 Å². The van der Waals surface area contributed by atoms with E-state index in [4.69, 9.17) is 0 Å². The van der Waals surface area contributed by atoms with Gasteiger partial charge in [-0.3, -0.25) is 9.89 Å². The number of aromatic nitrogens is 2. The molecule has 1 amide bonds. The maximum absolute atomic E-state index is 11.5. The highest BCUT2D eigenvalue weighted by Gasteiger charge is 2.12. The minimum atomic E-state index is 0.0359. The molecule has 66 valence electrons. The number of H-pyrrole nitrogens is 1. The van der Waals surface area contributed by atoms with Gasteiger partial charge in [-0.1, -0.05) is 0 Å². The average molecular weight is 167 g/mol. The lowest BCUT2D eigenvalue weighted by Crippen LogP contribution is -2.30. The Morgan fingerprint density at radius 3 is 2.67 bits per heavy atom. The molecule has 1 aromatic rings. The Morgan fingerprint density at radius 2 is 2.25 bits per heavy atom. The van der Waals surface area contributed by atoms with Gasteiger partial charge in [-0.05, 0) is 13.8 Å². The summed E-state index contributed by atoms with van der Waals surface area (Å²) in [7, 11) is 0. The van der Waals surface area contributed by atoms with E-state index in [-0.39, 0.29) is 5.91 Å². The van der Waals surface area contributed by atoms with Gasteiger partial charge < -0.3 is 4.90 Å². The lowest BCUT2D eigenvalue weighted by molar-refractivity contribution is 0.0773. The summed E-state index contributed by atoms with van der Waals surface area (Å²) in [6, 6.07) is 0. The van der Waals surface area contributed by atoms with E-state index in [2.05, 4.69) is 10.2 Å². The Kier molecular flexibility index (Phi) is 2.85. The molecule has 0 saturated heterocycles. The monoisotopic (exact) mass is 167 g/mol. The molecular weight excluding hydrogens is 154 g/mol. The van der Waals surface area contributed by atoms with Crippen molar-refractivity contribution in [2.45, 2.75) is 13.8 Å². The molecule has 1 aromatic heterocycles. The maximum atomic E-state index is 11.5. The van der Waals surface area contributed by atoms with Crippen LogP contribution in [0.3, 0.4) is 0 Å². The number of amides is 1. The van der Waals surface area contributed by atoms with Gasteiger partial charge in [0.15, 0.2) is 0 Å². The highest BCUT2D eigenvalue weighted by atomic mass is 16.2. The van der Waals surface area contributed by atoms with Gasteiger partial charge >= 0.3 is 0 Å². The molecule has 0 aromatic carbocycles. The second-order valence-electron chi connectivity index (χ2n) is 2.46. The number of aromatic amines is 1. The molecule has 0 spiro atoms. The van der Waals surface area contributed by atoms with Crippen LogP contribution >= 0.6 is 0 Å². The second-order valence-corrected chi connectivity index (χ2v) is 2.46. The van der Waals surface area contributed by atoms with Crippen molar-refractivity contribution in [1.29, 1.82) is 0 Å². The Balaban J connectivity index is 2.70. The summed E-state index contributed by atoms with van der Waals surface area (Å²) >= 11 is 0. The summed E-state index contributed by atoms with van der Waals surface area (Å²) in [5.41, 5.74) is 0.624. The average Bonchev–Trinajstić information content (AvgIpc) is 2.58. The van der Waals surface area contributed by atoms with Crippen LogP contribution in [-0.4, -0.2) is 34.1 Å². The van der Waals surface area contributed by atoms with Crippen molar-refractivity contribution in [3.63, 3.8) is 0 Å². The van der Waals surface area contributed by atoms with Crippen molar-refractivity contribution in [3.8, 4) is 0 Å². The fraction of sp³-hybridized carbons (Fsp3) is 0.500. The summed E-state index contributed by atoms with van der Waals surface area (Å²) < 4.78 is 0. The maximum Gasteiger partial charge on any atom is 0.257 e. The normalized spacial score (nSPS) is 9.83. The molecule has 0 atom stereocenters. The standard InChI is InChI=1S/C8H13N3O/c1-3-11(4-2)8(12)7-5-9-10-6-7/h5-6H,3-4H2,1-2H3,(H,9,10). The molecule has 4 nitrogen and oxygen atoms in total. The van der Waals surface area contributed by atoms with Crippen LogP contribution < -0.4 is 0 Å². The number of hydrogen-bond donors (Lipinski definition) is 1. The van der Waals surface area contributed by atoms with E-state index in [9.17, 15) is 4.79 Å². The van der Waals surface area contributed by atoms with E-state index in [1.165, 1.54) is 0 Å². The molecule has 0 fully saturated rings. The third kappa shape index (κ3) is 1.64. The first-order valence-electron chi connectivity index (χ1n) is 4.07. The first-order valence-corrected chi connectivity index (χ1v) is 4.07. The van der Waals surface area contributed by atoms with E-state index in [0.29, 0.717) is 5.56 Å². The SMILES string of the molecule is CCN(CC)C(=O)c1cn[nH]c1. The molecule has 1 heterocycles. The number of hydrogen-bond acceptors (Lipinski definition) is 2. The van der Waals surface area contributed by atoms with Crippen LogP contribution in [0.2, 0.25) is 0 Å². The van der Waals surface area contributed by atoms with E-state index in [0.717, 1.165) is 13.1 Å². The van der Waals surface area contributed by atoms with Gasteiger partial charge in [-0.25, -0.2) is 0 Å². The van der Waals surface area contributed by atoms with E-state index in [1.807, 2.05) is 13.8 Å². The predicted octanol–water partition coefficient (Wildman–Crippen LogP) is 0.892. The number of nitrogens with one attached hydrogen (secondary N) is 1. The van der Waals surface area contributed by atoms with Crippen molar-refractivity contribution < 1.29 is 4.79 Å². The zero-order valence-corrected chi connectivity index (χ0v) is 7.37. The molecule has 0 unspecified atom stereocenters. The summed E-state index contributed by atoms with van der Waals surface area (Å²) in [4.78, 5) is 13.3. The Morgan fingerprint density at radius 1 is 1.58 bits per heavy atom. The van der Waals surface area contributed by atoms with Crippen LogP contribution in [0.1, 0.15) is 24.2 Å². The quantitative estimate of drug-likeness (QED) is 0.726. The fourth-order valence-electron chi connectivity index (χ4n) is 1.06. The predicted molar refractivity (Wildman–Crippen MR) is 45.8 cm³/mol. The van der Waals surface area contributed by atoms with Gasteiger partial charge in [-0.2, -0.15) is 5.10 Å². The molecule has 0 bridgehead atoms. The first-order chi connectivity index (χ1) is 5.79. The van der Waals surface area contributed by atoms with Gasteiger partial charge in [0.2, 0.25) is 0 Å². The van der Waals surface area contributed by atoms with Gasteiger partial charge in [0, 0.05) is 19.3 Å². The summed E-state index contributed by atoms with van der Waals surface area (Å²) in [5, 5.41) is 6.34.